The molecule has 1 heterocycles. The van der Waals surface area contributed by atoms with Gasteiger partial charge in [-0.2, -0.15) is 13.2 Å². The first kappa shape index (κ1) is 15.0. The molecule has 1 aromatic carbocycles. The second kappa shape index (κ2) is 5.95. The predicted octanol–water partition coefficient (Wildman–Crippen LogP) is 3.78. The van der Waals surface area contributed by atoms with Crippen molar-refractivity contribution in [2.45, 2.75) is 19.0 Å². The summed E-state index contributed by atoms with van der Waals surface area (Å²) in [4.78, 5) is 14.8. The largest absolute Gasteiger partial charge is 0.481 e. The van der Waals surface area contributed by atoms with Crippen molar-refractivity contribution in [3.05, 3.63) is 53.7 Å². The number of carboxylic acids is 1. The van der Waals surface area contributed by atoms with Gasteiger partial charge in [0.1, 0.15) is 0 Å². The molecule has 0 saturated heterocycles. The number of hydrogen-bond acceptors (Lipinski definition) is 2. The molecular weight excluding hydrogens is 283 g/mol. The zero-order valence-electron chi connectivity index (χ0n) is 10.9. The van der Waals surface area contributed by atoms with Gasteiger partial charge in [0.25, 0.3) is 0 Å². The number of carbonyl (C=O) groups is 1. The number of carboxylic acid groups (broad SMARTS) is 1. The number of benzene rings is 1. The Balaban J connectivity index is 2.22. The molecule has 0 aliphatic carbocycles. The van der Waals surface area contributed by atoms with Crippen molar-refractivity contribution < 1.29 is 23.1 Å². The third-order valence-electron chi connectivity index (χ3n) is 2.91. The number of alkyl halides is 3. The standard InChI is InChI=1S/C15H12F3NO2/c16-15(17,18)11-6-4-10(5-7-11)13-3-1-2-12(19-13)8-9-14(20)21/h1-7H,8-9H2,(H,20,21). The highest BCUT2D eigenvalue weighted by Crippen LogP contribution is 2.30. The molecule has 21 heavy (non-hydrogen) atoms. The molecule has 0 spiro atoms. The zero-order chi connectivity index (χ0) is 15.5. The molecule has 2 aromatic rings. The van der Waals surface area contributed by atoms with E-state index in [4.69, 9.17) is 5.11 Å². The maximum absolute atomic E-state index is 12.5. The van der Waals surface area contributed by atoms with Crippen LogP contribution in [-0.4, -0.2) is 16.1 Å². The molecule has 1 N–H and O–H groups in total. The van der Waals surface area contributed by atoms with Crippen LogP contribution in [-0.2, 0) is 17.4 Å². The fourth-order valence-electron chi connectivity index (χ4n) is 1.84. The Labute approximate surface area is 119 Å². The lowest BCUT2D eigenvalue weighted by molar-refractivity contribution is -0.138. The summed E-state index contributed by atoms with van der Waals surface area (Å²) in [5.74, 6) is -0.920. The molecule has 0 fully saturated rings. The summed E-state index contributed by atoms with van der Waals surface area (Å²) in [6.07, 6.45) is -4.12. The van der Waals surface area contributed by atoms with Gasteiger partial charge in [-0.3, -0.25) is 9.78 Å². The van der Waals surface area contributed by atoms with Crippen LogP contribution in [0.25, 0.3) is 11.3 Å². The average molecular weight is 295 g/mol. The van der Waals surface area contributed by atoms with E-state index in [0.29, 0.717) is 17.0 Å². The molecule has 0 amide bonds. The minimum absolute atomic E-state index is 0.0382. The van der Waals surface area contributed by atoms with Gasteiger partial charge >= 0.3 is 12.1 Å². The summed E-state index contributed by atoms with van der Waals surface area (Å²) in [5, 5.41) is 8.63. The number of aromatic nitrogens is 1. The van der Waals surface area contributed by atoms with Crippen molar-refractivity contribution in [3.8, 4) is 11.3 Å². The van der Waals surface area contributed by atoms with Crippen molar-refractivity contribution in [2.24, 2.45) is 0 Å². The van der Waals surface area contributed by atoms with Crippen LogP contribution in [0.1, 0.15) is 17.7 Å². The van der Waals surface area contributed by atoms with E-state index in [9.17, 15) is 18.0 Å². The number of halogens is 3. The Bertz CT molecular complexity index is 636. The first-order valence-corrected chi connectivity index (χ1v) is 6.21. The highest BCUT2D eigenvalue weighted by molar-refractivity contribution is 5.67. The molecule has 2 rings (SSSR count). The Morgan fingerprint density at radius 1 is 1.10 bits per heavy atom. The molecule has 0 saturated carbocycles. The van der Waals surface area contributed by atoms with Crippen LogP contribution in [0.3, 0.4) is 0 Å². The SMILES string of the molecule is O=C(O)CCc1cccc(-c2ccc(C(F)(F)F)cc2)n1. The van der Waals surface area contributed by atoms with Gasteiger partial charge in [-0.15, -0.1) is 0 Å². The molecule has 3 nitrogen and oxygen atoms in total. The quantitative estimate of drug-likeness (QED) is 0.933. The maximum atomic E-state index is 12.5. The lowest BCUT2D eigenvalue weighted by Gasteiger charge is -2.08. The van der Waals surface area contributed by atoms with Crippen LogP contribution in [0, 0.1) is 0 Å². The van der Waals surface area contributed by atoms with Crippen LogP contribution >= 0.6 is 0 Å². The molecule has 0 radical (unpaired) electrons. The molecule has 0 atom stereocenters. The van der Waals surface area contributed by atoms with Crippen molar-refractivity contribution in [3.63, 3.8) is 0 Å². The molecule has 0 aliphatic heterocycles. The van der Waals surface area contributed by atoms with Crippen molar-refractivity contribution in [2.75, 3.05) is 0 Å². The van der Waals surface area contributed by atoms with Crippen LogP contribution in [0.2, 0.25) is 0 Å². The highest BCUT2D eigenvalue weighted by atomic mass is 19.4. The summed E-state index contributed by atoms with van der Waals surface area (Å²) >= 11 is 0. The van der Waals surface area contributed by atoms with Gasteiger partial charge in [-0.05, 0) is 24.3 Å². The Hall–Kier alpha value is -2.37. The van der Waals surface area contributed by atoms with Gasteiger partial charge in [0.05, 0.1) is 17.7 Å². The predicted molar refractivity (Wildman–Crippen MR) is 70.6 cm³/mol. The van der Waals surface area contributed by atoms with Crippen LogP contribution in [0.4, 0.5) is 13.2 Å². The number of rotatable bonds is 4. The van der Waals surface area contributed by atoms with Crippen molar-refractivity contribution in [1.29, 1.82) is 0 Å². The first-order valence-electron chi connectivity index (χ1n) is 6.21. The smallest absolute Gasteiger partial charge is 0.416 e. The fraction of sp³-hybridized carbons (Fsp3) is 0.200. The molecule has 1 aromatic heterocycles. The third kappa shape index (κ3) is 4.05. The first-order chi connectivity index (χ1) is 9.86. The van der Waals surface area contributed by atoms with E-state index >= 15 is 0 Å². The Kier molecular flexibility index (Phi) is 4.26. The Morgan fingerprint density at radius 2 is 1.76 bits per heavy atom. The van der Waals surface area contributed by atoms with E-state index in [1.807, 2.05) is 0 Å². The van der Waals surface area contributed by atoms with E-state index in [2.05, 4.69) is 4.98 Å². The molecule has 0 bridgehead atoms. The summed E-state index contributed by atoms with van der Waals surface area (Å²) in [6.45, 7) is 0. The van der Waals surface area contributed by atoms with Crippen molar-refractivity contribution in [1.82, 2.24) is 4.98 Å². The summed E-state index contributed by atoms with van der Waals surface area (Å²) < 4.78 is 37.5. The van der Waals surface area contributed by atoms with Gasteiger partial charge in [-0.25, -0.2) is 0 Å². The highest BCUT2D eigenvalue weighted by Gasteiger charge is 2.29. The van der Waals surface area contributed by atoms with E-state index in [1.165, 1.54) is 12.1 Å². The average Bonchev–Trinajstić information content (AvgIpc) is 2.45. The molecule has 6 heteroatoms. The van der Waals surface area contributed by atoms with Crippen LogP contribution in [0.5, 0.6) is 0 Å². The maximum Gasteiger partial charge on any atom is 0.416 e. The summed E-state index contributed by atoms with van der Waals surface area (Å²) in [6, 6.07) is 9.78. The zero-order valence-corrected chi connectivity index (χ0v) is 10.9. The van der Waals surface area contributed by atoms with Crippen molar-refractivity contribution >= 4 is 5.97 Å². The third-order valence-corrected chi connectivity index (χ3v) is 2.91. The van der Waals surface area contributed by atoms with Gasteiger partial charge in [0.15, 0.2) is 0 Å². The number of hydrogen-bond donors (Lipinski definition) is 1. The minimum atomic E-state index is -4.37. The van der Waals surface area contributed by atoms with E-state index in [-0.39, 0.29) is 12.8 Å². The monoisotopic (exact) mass is 295 g/mol. The molecule has 0 unspecified atom stereocenters. The summed E-state index contributed by atoms with van der Waals surface area (Å²) in [5.41, 5.74) is 0.954. The van der Waals surface area contributed by atoms with Crippen LogP contribution < -0.4 is 0 Å². The van der Waals surface area contributed by atoms with Gasteiger partial charge in [0.2, 0.25) is 0 Å². The van der Waals surface area contributed by atoms with Gasteiger partial charge in [0, 0.05) is 17.7 Å². The normalized spacial score (nSPS) is 11.4. The number of aryl methyl sites for hydroxylation is 1. The fourth-order valence-corrected chi connectivity index (χ4v) is 1.84. The molecular formula is C15H12F3NO2. The number of nitrogens with zero attached hydrogens (tertiary/aromatic N) is 1. The van der Waals surface area contributed by atoms with E-state index in [0.717, 1.165) is 12.1 Å². The lowest BCUT2D eigenvalue weighted by atomic mass is 10.1. The molecule has 110 valence electrons. The lowest BCUT2D eigenvalue weighted by Crippen LogP contribution is -2.04. The topological polar surface area (TPSA) is 50.2 Å². The number of aliphatic carboxylic acids is 1. The number of pyridine rings is 1. The second-order valence-corrected chi connectivity index (χ2v) is 4.48. The minimum Gasteiger partial charge on any atom is -0.481 e. The van der Waals surface area contributed by atoms with E-state index < -0.39 is 17.7 Å². The second-order valence-electron chi connectivity index (χ2n) is 4.48. The van der Waals surface area contributed by atoms with Crippen LogP contribution in [0.15, 0.2) is 42.5 Å². The summed E-state index contributed by atoms with van der Waals surface area (Å²) in [7, 11) is 0. The Morgan fingerprint density at radius 3 is 2.33 bits per heavy atom. The van der Waals surface area contributed by atoms with E-state index in [1.54, 1.807) is 18.2 Å². The molecule has 0 aliphatic rings. The van der Waals surface area contributed by atoms with Gasteiger partial charge in [-0.1, -0.05) is 18.2 Å². The van der Waals surface area contributed by atoms with Gasteiger partial charge < -0.3 is 5.11 Å².